The predicted molar refractivity (Wildman–Crippen MR) is 62.9 cm³/mol. The Kier molecular flexibility index (Phi) is 5.19. The molecule has 0 bridgehead atoms. The van der Waals surface area contributed by atoms with Crippen molar-refractivity contribution in [3.05, 3.63) is 30.3 Å². The molecule has 0 saturated heterocycles. The number of hydrogen-bond donors (Lipinski definition) is 0. The molecule has 0 aliphatic carbocycles. The number of hydrogen-bond acceptors (Lipinski definition) is 2. The second-order valence-corrected chi connectivity index (χ2v) is 3.43. The Morgan fingerprint density at radius 2 is 2.00 bits per heavy atom. The summed E-state index contributed by atoms with van der Waals surface area (Å²) in [7, 11) is 0. The molecule has 2 nitrogen and oxygen atoms in total. The molecule has 1 atom stereocenters. The van der Waals surface area contributed by atoms with Gasteiger partial charge in [0.2, 0.25) is 0 Å². The van der Waals surface area contributed by atoms with Crippen LogP contribution in [-0.2, 0) is 0 Å². The Bertz CT molecular complexity index is 256. The van der Waals surface area contributed by atoms with Gasteiger partial charge in [0, 0.05) is 6.07 Å². The van der Waals surface area contributed by atoms with E-state index in [1.54, 1.807) is 0 Å². The van der Waals surface area contributed by atoms with Crippen LogP contribution in [0.5, 0.6) is 5.75 Å². The van der Waals surface area contributed by atoms with E-state index >= 15 is 0 Å². The third-order valence-corrected chi connectivity index (χ3v) is 2.51. The first-order valence-electron chi connectivity index (χ1n) is 5.69. The molecule has 0 aromatic heterocycles. The first kappa shape index (κ1) is 12.1. The number of nitrogens with zero attached hydrogens (tertiary/aromatic N) is 1. The maximum absolute atomic E-state index is 5.88. The average molecular weight is 206 g/mol. The van der Waals surface area contributed by atoms with Crippen LogP contribution in [0.2, 0.25) is 0 Å². The second-order valence-electron chi connectivity index (χ2n) is 3.43. The third-order valence-electron chi connectivity index (χ3n) is 2.51. The molecular formula is C13H20NO. The molecule has 1 unspecified atom stereocenters. The summed E-state index contributed by atoms with van der Waals surface area (Å²) >= 11 is 0. The average Bonchev–Trinajstić information content (AvgIpc) is 2.30. The van der Waals surface area contributed by atoms with Gasteiger partial charge in [0.05, 0.1) is 0 Å². The lowest BCUT2D eigenvalue weighted by atomic mass is 10.3. The van der Waals surface area contributed by atoms with Crippen LogP contribution in [0.25, 0.3) is 0 Å². The minimum atomic E-state index is 0.165. The first-order chi connectivity index (χ1) is 7.31. The van der Waals surface area contributed by atoms with E-state index in [4.69, 9.17) is 4.74 Å². The molecular weight excluding hydrogens is 186 g/mol. The molecule has 0 heterocycles. The highest BCUT2D eigenvalue weighted by molar-refractivity contribution is 5.19. The van der Waals surface area contributed by atoms with Crippen LogP contribution >= 0.6 is 0 Å². The maximum atomic E-state index is 5.88. The Hall–Kier alpha value is -1.02. The van der Waals surface area contributed by atoms with Gasteiger partial charge >= 0.3 is 0 Å². The molecule has 0 aliphatic rings. The van der Waals surface area contributed by atoms with Crippen molar-refractivity contribution in [3.63, 3.8) is 0 Å². The number of ether oxygens (including phenoxy) is 1. The Balaban J connectivity index is 2.61. The summed E-state index contributed by atoms with van der Waals surface area (Å²) in [5, 5.41) is 0. The zero-order valence-electron chi connectivity index (χ0n) is 9.86. The van der Waals surface area contributed by atoms with E-state index in [0.717, 1.165) is 25.3 Å². The zero-order valence-corrected chi connectivity index (χ0v) is 9.86. The van der Waals surface area contributed by atoms with Gasteiger partial charge in [-0.2, -0.15) is 0 Å². The molecule has 0 aliphatic heterocycles. The van der Waals surface area contributed by atoms with Gasteiger partial charge in [-0.05, 0) is 25.6 Å². The van der Waals surface area contributed by atoms with Crippen LogP contribution in [-0.4, -0.2) is 24.2 Å². The lowest BCUT2D eigenvalue weighted by molar-refractivity contribution is 0.0296. The van der Waals surface area contributed by atoms with Crippen LogP contribution < -0.4 is 4.74 Å². The molecule has 15 heavy (non-hydrogen) atoms. The predicted octanol–water partition coefficient (Wildman–Crippen LogP) is 2.94. The second kappa shape index (κ2) is 6.46. The van der Waals surface area contributed by atoms with Gasteiger partial charge in [0.25, 0.3) is 0 Å². The van der Waals surface area contributed by atoms with Crippen molar-refractivity contribution in [3.8, 4) is 5.75 Å². The van der Waals surface area contributed by atoms with Gasteiger partial charge in [-0.3, -0.25) is 4.90 Å². The third kappa shape index (κ3) is 3.56. The van der Waals surface area contributed by atoms with E-state index in [2.05, 4.69) is 31.7 Å². The minimum absolute atomic E-state index is 0.165. The SMILES string of the molecule is CCC(Oc1[c]cccc1)N(CC)CC. The van der Waals surface area contributed by atoms with Crippen LogP contribution in [0, 0.1) is 6.07 Å². The van der Waals surface area contributed by atoms with E-state index < -0.39 is 0 Å². The fraction of sp³-hybridized carbons (Fsp3) is 0.538. The smallest absolute Gasteiger partial charge is 0.152 e. The molecule has 1 radical (unpaired) electrons. The topological polar surface area (TPSA) is 12.5 Å². The monoisotopic (exact) mass is 206 g/mol. The van der Waals surface area contributed by atoms with Crippen LogP contribution in [0.1, 0.15) is 27.2 Å². The summed E-state index contributed by atoms with van der Waals surface area (Å²) in [6.07, 6.45) is 1.16. The summed E-state index contributed by atoms with van der Waals surface area (Å²) < 4.78 is 5.88. The van der Waals surface area contributed by atoms with E-state index in [1.165, 1.54) is 0 Å². The molecule has 0 fully saturated rings. The van der Waals surface area contributed by atoms with Gasteiger partial charge in [0.1, 0.15) is 5.75 Å². The summed E-state index contributed by atoms with van der Waals surface area (Å²) in [6.45, 7) is 8.49. The standard InChI is InChI=1S/C13H20NO/c1-4-13(14(5-2)6-3)15-12-10-8-7-9-11-12/h7-10,13H,4-6H2,1-3H3. The van der Waals surface area contributed by atoms with E-state index in [0.29, 0.717) is 0 Å². The van der Waals surface area contributed by atoms with E-state index in [1.807, 2.05) is 24.3 Å². The first-order valence-corrected chi connectivity index (χ1v) is 5.69. The summed E-state index contributed by atoms with van der Waals surface area (Å²) in [5.74, 6) is 0.830. The van der Waals surface area contributed by atoms with Crippen molar-refractivity contribution < 1.29 is 4.74 Å². The van der Waals surface area contributed by atoms with Crippen LogP contribution in [0.15, 0.2) is 24.3 Å². The molecule has 0 amide bonds. The number of para-hydroxylation sites is 1. The summed E-state index contributed by atoms with van der Waals surface area (Å²) in [5.41, 5.74) is 0. The Morgan fingerprint density at radius 3 is 2.47 bits per heavy atom. The molecule has 1 aromatic carbocycles. The van der Waals surface area contributed by atoms with E-state index in [-0.39, 0.29) is 6.23 Å². The molecule has 0 N–H and O–H groups in total. The largest absolute Gasteiger partial charge is 0.474 e. The Labute approximate surface area is 92.9 Å². The van der Waals surface area contributed by atoms with Crippen LogP contribution in [0.4, 0.5) is 0 Å². The van der Waals surface area contributed by atoms with Gasteiger partial charge < -0.3 is 4.74 Å². The lowest BCUT2D eigenvalue weighted by Gasteiger charge is -2.29. The van der Waals surface area contributed by atoms with Gasteiger partial charge in [-0.15, -0.1) is 0 Å². The highest BCUT2D eigenvalue weighted by atomic mass is 16.5. The van der Waals surface area contributed by atoms with Crippen molar-refractivity contribution in [2.45, 2.75) is 33.4 Å². The minimum Gasteiger partial charge on any atom is -0.474 e. The van der Waals surface area contributed by atoms with Crippen molar-refractivity contribution >= 4 is 0 Å². The molecule has 2 heteroatoms. The van der Waals surface area contributed by atoms with Gasteiger partial charge in [0.15, 0.2) is 6.23 Å². The highest BCUT2D eigenvalue weighted by Crippen LogP contribution is 2.14. The van der Waals surface area contributed by atoms with Gasteiger partial charge in [-0.1, -0.05) is 39.0 Å². The van der Waals surface area contributed by atoms with Crippen LogP contribution in [0.3, 0.4) is 0 Å². The maximum Gasteiger partial charge on any atom is 0.152 e. The molecule has 0 saturated carbocycles. The number of benzene rings is 1. The van der Waals surface area contributed by atoms with Gasteiger partial charge in [-0.25, -0.2) is 0 Å². The highest BCUT2D eigenvalue weighted by Gasteiger charge is 2.14. The zero-order chi connectivity index (χ0) is 11.1. The fourth-order valence-corrected chi connectivity index (χ4v) is 1.64. The Morgan fingerprint density at radius 1 is 1.27 bits per heavy atom. The summed E-state index contributed by atoms with van der Waals surface area (Å²) in [4.78, 5) is 2.31. The molecule has 0 spiro atoms. The molecule has 1 rings (SSSR count). The number of rotatable bonds is 6. The van der Waals surface area contributed by atoms with Crippen molar-refractivity contribution in [2.24, 2.45) is 0 Å². The molecule has 83 valence electrons. The van der Waals surface area contributed by atoms with Crippen molar-refractivity contribution in [1.82, 2.24) is 4.90 Å². The van der Waals surface area contributed by atoms with E-state index in [9.17, 15) is 0 Å². The summed E-state index contributed by atoms with van der Waals surface area (Å²) in [6, 6.07) is 10.8. The molecule has 1 aromatic rings. The van der Waals surface area contributed by atoms with Crippen molar-refractivity contribution in [2.75, 3.05) is 13.1 Å². The van der Waals surface area contributed by atoms with Crippen molar-refractivity contribution in [1.29, 1.82) is 0 Å². The fourth-order valence-electron chi connectivity index (χ4n) is 1.64. The quantitative estimate of drug-likeness (QED) is 0.663. The normalized spacial score (nSPS) is 12.8. The lowest BCUT2D eigenvalue weighted by Crippen LogP contribution is -2.38.